The fourth-order valence-electron chi connectivity index (χ4n) is 2.56. The number of amides is 1. The van der Waals surface area contributed by atoms with E-state index in [4.69, 9.17) is 4.74 Å². The number of methoxy groups -OCH3 is 1. The Bertz CT molecular complexity index is 946. The monoisotopic (exact) mass is 417 g/mol. The molecule has 0 unspecified atom stereocenters. The number of anilines is 1. The Morgan fingerprint density at radius 1 is 1.29 bits per heavy atom. The highest BCUT2D eigenvalue weighted by Gasteiger charge is 2.21. The summed E-state index contributed by atoms with van der Waals surface area (Å²) in [6.07, 6.45) is 0. The minimum atomic E-state index is -0.331. The molecule has 0 bridgehead atoms. The highest BCUT2D eigenvalue weighted by Crippen LogP contribution is 2.29. The van der Waals surface area contributed by atoms with Gasteiger partial charge in [0.25, 0.3) is 0 Å². The van der Waals surface area contributed by atoms with Crippen molar-refractivity contribution in [3.05, 3.63) is 34.8 Å². The van der Waals surface area contributed by atoms with Crippen molar-refractivity contribution in [3.63, 3.8) is 0 Å². The topological polar surface area (TPSA) is 81.9 Å². The molecule has 28 heavy (non-hydrogen) atoms. The highest BCUT2D eigenvalue weighted by molar-refractivity contribution is 8.00. The van der Waals surface area contributed by atoms with Gasteiger partial charge in [0.05, 0.1) is 18.1 Å². The van der Waals surface area contributed by atoms with Gasteiger partial charge in [-0.05, 0) is 52.0 Å². The molecule has 0 saturated heterocycles. The molecule has 3 rings (SSSR count). The number of aromatic nitrogens is 4. The first-order valence-corrected chi connectivity index (χ1v) is 10.6. The third-order valence-electron chi connectivity index (χ3n) is 4.29. The van der Waals surface area contributed by atoms with Crippen LogP contribution in [0.3, 0.4) is 0 Å². The van der Waals surface area contributed by atoms with E-state index in [2.05, 4.69) is 20.5 Å². The number of hydrogen-bond acceptors (Lipinski definition) is 7. The van der Waals surface area contributed by atoms with Crippen molar-refractivity contribution in [1.82, 2.24) is 19.7 Å². The number of benzene rings is 1. The smallest absolute Gasteiger partial charge is 0.239 e. The molecular weight excluding hydrogens is 394 g/mol. The number of nitrogens with one attached hydrogen (secondary N) is 1. The average molecular weight is 418 g/mol. The predicted molar refractivity (Wildman–Crippen MR) is 113 cm³/mol. The first-order chi connectivity index (χ1) is 13.4. The summed E-state index contributed by atoms with van der Waals surface area (Å²) in [6.45, 7) is 8.52. The van der Waals surface area contributed by atoms with Crippen LogP contribution < -0.4 is 10.1 Å². The lowest BCUT2D eigenvalue weighted by atomic mass is 10.2. The van der Waals surface area contributed by atoms with Crippen molar-refractivity contribution in [1.29, 1.82) is 0 Å². The fourth-order valence-corrected chi connectivity index (χ4v) is 4.29. The summed E-state index contributed by atoms with van der Waals surface area (Å²) in [5, 5.41) is 12.5. The van der Waals surface area contributed by atoms with Gasteiger partial charge in [-0.25, -0.2) is 4.98 Å². The SMILES string of the molecule is CCn1c(S[C@H](C)C(=O)Nc2nc(C)c(C)s2)nnc1-c1ccc(OC)cc1. The van der Waals surface area contributed by atoms with E-state index in [-0.39, 0.29) is 11.2 Å². The van der Waals surface area contributed by atoms with Crippen LogP contribution in [0.1, 0.15) is 24.4 Å². The Kier molecular flexibility index (Phi) is 6.35. The highest BCUT2D eigenvalue weighted by atomic mass is 32.2. The summed E-state index contributed by atoms with van der Waals surface area (Å²) in [5.41, 5.74) is 1.89. The van der Waals surface area contributed by atoms with Crippen LogP contribution in [0.5, 0.6) is 5.75 Å². The van der Waals surface area contributed by atoms with Crippen molar-refractivity contribution in [2.75, 3.05) is 12.4 Å². The largest absolute Gasteiger partial charge is 0.497 e. The number of carbonyl (C=O) groups is 1. The molecule has 1 atom stereocenters. The number of thiazole rings is 1. The zero-order valence-electron chi connectivity index (χ0n) is 16.5. The van der Waals surface area contributed by atoms with Gasteiger partial charge in [-0.3, -0.25) is 4.79 Å². The lowest BCUT2D eigenvalue weighted by Crippen LogP contribution is -2.22. The van der Waals surface area contributed by atoms with Crippen LogP contribution in [0.15, 0.2) is 29.4 Å². The molecule has 0 saturated carbocycles. The summed E-state index contributed by atoms with van der Waals surface area (Å²) in [4.78, 5) is 18.0. The van der Waals surface area contributed by atoms with Crippen molar-refractivity contribution in [2.45, 2.75) is 44.6 Å². The van der Waals surface area contributed by atoms with Gasteiger partial charge >= 0.3 is 0 Å². The van der Waals surface area contributed by atoms with E-state index in [9.17, 15) is 4.79 Å². The van der Waals surface area contributed by atoms with E-state index in [0.29, 0.717) is 16.8 Å². The molecule has 0 aliphatic heterocycles. The molecule has 7 nitrogen and oxygen atoms in total. The number of ether oxygens (including phenoxy) is 1. The summed E-state index contributed by atoms with van der Waals surface area (Å²) in [7, 11) is 1.64. The van der Waals surface area contributed by atoms with Gasteiger partial charge in [0.2, 0.25) is 5.91 Å². The third kappa shape index (κ3) is 4.36. The molecule has 2 heterocycles. The summed E-state index contributed by atoms with van der Waals surface area (Å²) < 4.78 is 7.22. The van der Waals surface area contributed by atoms with Crippen LogP contribution >= 0.6 is 23.1 Å². The maximum absolute atomic E-state index is 12.5. The normalized spacial score (nSPS) is 12.0. The predicted octanol–water partition coefficient (Wildman–Crippen LogP) is 4.17. The van der Waals surface area contributed by atoms with Crippen LogP contribution in [-0.2, 0) is 11.3 Å². The van der Waals surface area contributed by atoms with Gasteiger partial charge in [-0.15, -0.1) is 21.5 Å². The first-order valence-electron chi connectivity index (χ1n) is 8.92. The van der Waals surface area contributed by atoms with Crippen LogP contribution in [0.4, 0.5) is 5.13 Å². The average Bonchev–Trinajstić information content (AvgIpc) is 3.23. The van der Waals surface area contributed by atoms with Crippen molar-refractivity contribution < 1.29 is 9.53 Å². The third-order valence-corrected chi connectivity index (χ3v) is 6.36. The number of hydrogen-bond donors (Lipinski definition) is 1. The molecule has 148 valence electrons. The Labute approximate surface area is 172 Å². The molecule has 1 N–H and O–H groups in total. The second kappa shape index (κ2) is 8.74. The number of thioether (sulfide) groups is 1. The second-order valence-corrected chi connectivity index (χ2v) is 8.70. The summed E-state index contributed by atoms with van der Waals surface area (Å²) in [5.74, 6) is 1.46. The van der Waals surface area contributed by atoms with E-state index >= 15 is 0 Å². The van der Waals surface area contributed by atoms with Crippen molar-refractivity contribution >= 4 is 34.1 Å². The van der Waals surface area contributed by atoms with Crippen molar-refractivity contribution in [3.8, 4) is 17.1 Å². The Balaban J connectivity index is 1.74. The molecular formula is C19H23N5O2S2. The first kappa shape index (κ1) is 20.3. The van der Waals surface area contributed by atoms with E-state index in [0.717, 1.165) is 27.7 Å². The van der Waals surface area contributed by atoms with Crippen LogP contribution in [0, 0.1) is 13.8 Å². The van der Waals surface area contributed by atoms with Gasteiger partial charge in [0.15, 0.2) is 16.1 Å². The maximum atomic E-state index is 12.5. The molecule has 0 aliphatic rings. The number of rotatable bonds is 7. The quantitative estimate of drug-likeness (QED) is 0.581. The molecule has 0 fully saturated rings. The van der Waals surface area contributed by atoms with Gasteiger partial charge in [-0.1, -0.05) is 11.8 Å². The molecule has 0 spiro atoms. The van der Waals surface area contributed by atoms with Crippen molar-refractivity contribution in [2.24, 2.45) is 0 Å². The Hall–Kier alpha value is -2.39. The zero-order valence-corrected chi connectivity index (χ0v) is 18.1. The van der Waals surface area contributed by atoms with E-state index in [1.807, 2.05) is 56.5 Å². The Morgan fingerprint density at radius 2 is 2.00 bits per heavy atom. The Morgan fingerprint density at radius 3 is 2.57 bits per heavy atom. The van der Waals surface area contributed by atoms with E-state index in [1.54, 1.807) is 7.11 Å². The van der Waals surface area contributed by atoms with Crippen LogP contribution in [-0.4, -0.2) is 38.0 Å². The molecule has 1 aromatic carbocycles. The zero-order chi connectivity index (χ0) is 20.3. The molecule has 0 aliphatic carbocycles. The minimum Gasteiger partial charge on any atom is -0.497 e. The van der Waals surface area contributed by atoms with Gasteiger partial charge in [0.1, 0.15) is 5.75 Å². The molecule has 9 heteroatoms. The van der Waals surface area contributed by atoms with Gasteiger partial charge in [-0.2, -0.15) is 0 Å². The molecule has 0 radical (unpaired) electrons. The lowest BCUT2D eigenvalue weighted by molar-refractivity contribution is -0.115. The number of nitrogens with zero attached hydrogens (tertiary/aromatic N) is 4. The lowest BCUT2D eigenvalue weighted by Gasteiger charge is -2.12. The molecule has 3 aromatic rings. The standard InChI is InChI=1S/C19H23N5O2S2/c1-6-24-16(14-7-9-15(26-5)10-8-14)22-23-19(24)28-13(4)17(25)21-18-20-11(2)12(3)27-18/h7-10,13H,6H2,1-5H3,(H,20,21,25)/t13-/m1/s1. The fraction of sp³-hybridized carbons (Fsp3) is 0.368. The second-order valence-electron chi connectivity index (χ2n) is 6.19. The van der Waals surface area contributed by atoms with Gasteiger partial charge < -0.3 is 14.6 Å². The van der Waals surface area contributed by atoms with E-state index < -0.39 is 0 Å². The maximum Gasteiger partial charge on any atom is 0.239 e. The summed E-state index contributed by atoms with van der Waals surface area (Å²) >= 11 is 2.87. The number of carbonyl (C=O) groups excluding carboxylic acids is 1. The van der Waals surface area contributed by atoms with Crippen LogP contribution in [0.25, 0.3) is 11.4 Å². The molecule has 2 aromatic heterocycles. The van der Waals surface area contributed by atoms with E-state index in [1.165, 1.54) is 23.1 Å². The van der Waals surface area contributed by atoms with Crippen LogP contribution in [0.2, 0.25) is 0 Å². The minimum absolute atomic E-state index is 0.101. The molecule has 1 amide bonds. The number of aryl methyl sites for hydroxylation is 2. The summed E-state index contributed by atoms with van der Waals surface area (Å²) in [6, 6.07) is 7.69. The van der Waals surface area contributed by atoms with Gasteiger partial charge in [0, 0.05) is 17.0 Å².